The third kappa shape index (κ3) is 4.79. The first-order chi connectivity index (χ1) is 10.4. The van der Waals surface area contributed by atoms with Crippen LogP contribution < -0.4 is 0 Å². The molecule has 0 aromatic heterocycles. The van der Waals surface area contributed by atoms with Crippen molar-refractivity contribution in [3.8, 4) is 0 Å². The third-order valence-electron chi connectivity index (χ3n) is 4.01. The third-order valence-corrected chi connectivity index (χ3v) is 5.36. The maximum atomic E-state index is 12.5. The van der Waals surface area contributed by atoms with Crippen LogP contribution in [0.1, 0.15) is 12.8 Å². The second kappa shape index (κ2) is 7.57. The molecular weight excluding hydrogens is 315 g/mol. The summed E-state index contributed by atoms with van der Waals surface area (Å²) in [6.45, 7) is 1.60. The molecule has 0 radical (unpaired) electrons. The van der Waals surface area contributed by atoms with Gasteiger partial charge in [0, 0.05) is 17.2 Å². The molecule has 1 aliphatic heterocycles. The van der Waals surface area contributed by atoms with Crippen LogP contribution in [0.3, 0.4) is 0 Å². The van der Waals surface area contributed by atoms with Crippen molar-refractivity contribution in [2.45, 2.75) is 30.0 Å². The average molecular weight is 335 g/mol. The minimum Gasteiger partial charge on any atom is -0.383 e. The first-order valence-electron chi connectivity index (χ1n) is 7.28. The summed E-state index contributed by atoms with van der Waals surface area (Å²) in [5, 5.41) is 9.27. The van der Waals surface area contributed by atoms with E-state index in [9.17, 15) is 22.5 Å². The maximum Gasteiger partial charge on any atom is 0.414 e. The van der Waals surface area contributed by atoms with Gasteiger partial charge < -0.3 is 10.0 Å². The Morgan fingerprint density at radius 2 is 1.82 bits per heavy atom. The van der Waals surface area contributed by atoms with Crippen LogP contribution in [0.5, 0.6) is 0 Å². The highest BCUT2D eigenvalue weighted by Gasteiger charge is 2.44. The number of benzene rings is 1. The number of likely N-dealkylation sites (tertiary alicyclic amines) is 1. The topological polar surface area (TPSA) is 40.5 Å². The number of piperidine rings is 1. The van der Waals surface area contributed by atoms with Gasteiger partial charge in [0.2, 0.25) is 0 Å². The number of nitrogens with zero attached hydrogens (tertiary/aromatic N) is 1. The average Bonchev–Trinajstić information content (AvgIpc) is 2.52. The largest absolute Gasteiger partial charge is 0.414 e. The lowest BCUT2D eigenvalue weighted by Crippen LogP contribution is -2.44. The van der Waals surface area contributed by atoms with Gasteiger partial charge in [-0.1, -0.05) is 18.2 Å². The quantitative estimate of drug-likeness (QED) is 0.898. The van der Waals surface area contributed by atoms with Gasteiger partial charge in [-0.05, 0) is 44.0 Å². The van der Waals surface area contributed by atoms with Gasteiger partial charge in [0.1, 0.15) is 0 Å². The van der Waals surface area contributed by atoms with E-state index >= 15 is 0 Å². The van der Waals surface area contributed by atoms with E-state index in [0.29, 0.717) is 38.2 Å². The molecule has 1 aromatic rings. The molecule has 0 bridgehead atoms. The van der Waals surface area contributed by atoms with Crippen molar-refractivity contribution in [2.24, 2.45) is 5.92 Å². The van der Waals surface area contributed by atoms with Crippen LogP contribution in [-0.2, 0) is 10.8 Å². The van der Waals surface area contributed by atoms with E-state index < -0.39 is 29.0 Å². The van der Waals surface area contributed by atoms with Gasteiger partial charge in [-0.15, -0.1) is 0 Å². The van der Waals surface area contributed by atoms with E-state index in [1.165, 1.54) is 0 Å². The Morgan fingerprint density at radius 1 is 1.23 bits per heavy atom. The molecule has 1 heterocycles. The summed E-state index contributed by atoms with van der Waals surface area (Å²) in [5.74, 6) is -0.257. The lowest BCUT2D eigenvalue weighted by atomic mass is 9.91. The molecule has 2 atom stereocenters. The first-order valence-corrected chi connectivity index (χ1v) is 8.60. The lowest BCUT2D eigenvalue weighted by Gasteiger charge is -2.34. The molecular formula is C15H20F3NO2S. The number of aliphatic hydroxyl groups is 1. The fraction of sp³-hybridized carbons (Fsp3) is 0.600. The Kier molecular flexibility index (Phi) is 6.00. The summed E-state index contributed by atoms with van der Waals surface area (Å²) >= 11 is 0. The van der Waals surface area contributed by atoms with Crippen molar-refractivity contribution in [2.75, 3.05) is 25.4 Å². The zero-order valence-corrected chi connectivity index (χ0v) is 12.9. The summed E-state index contributed by atoms with van der Waals surface area (Å²) in [6, 6.07) is 9.13. The molecule has 124 valence electrons. The van der Waals surface area contributed by atoms with E-state index in [1.54, 1.807) is 0 Å². The molecule has 0 amide bonds. The highest BCUT2D eigenvalue weighted by atomic mass is 32.2. The first kappa shape index (κ1) is 17.4. The van der Waals surface area contributed by atoms with Crippen molar-refractivity contribution in [1.82, 2.24) is 4.90 Å². The Hall–Kier alpha value is -0.920. The molecule has 2 rings (SSSR count). The summed E-state index contributed by atoms with van der Waals surface area (Å²) in [4.78, 5) is 2.78. The standard InChI is InChI=1S/C15H20F3NO2S/c16-15(17,18)14(20)12-6-8-19(9-7-12)10-11-22(21)13-4-2-1-3-5-13/h1-5,12,14,20H,6-11H2. The van der Waals surface area contributed by atoms with Crippen LogP contribution in [-0.4, -0.2) is 51.9 Å². The normalized spacial score (nSPS) is 20.7. The molecule has 0 aliphatic carbocycles. The fourth-order valence-electron chi connectivity index (χ4n) is 2.66. The second-order valence-corrected chi connectivity index (χ2v) is 7.10. The highest BCUT2D eigenvalue weighted by Crippen LogP contribution is 2.31. The number of halogens is 3. The number of hydrogen-bond acceptors (Lipinski definition) is 3. The molecule has 0 saturated carbocycles. The summed E-state index contributed by atoms with van der Waals surface area (Å²) in [6.07, 6.45) is -6.13. The SMILES string of the molecule is O=S(CCN1CCC(C(O)C(F)(F)F)CC1)c1ccccc1. The van der Waals surface area contributed by atoms with Crippen LogP contribution in [0, 0.1) is 5.92 Å². The van der Waals surface area contributed by atoms with Crippen LogP contribution in [0.25, 0.3) is 0 Å². The predicted octanol–water partition coefficient (Wildman–Crippen LogP) is 2.43. The van der Waals surface area contributed by atoms with Crippen LogP contribution >= 0.6 is 0 Å². The summed E-state index contributed by atoms with van der Waals surface area (Å²) in [5.41, 5.74) is 0. The molecule has 0 spiro atoms. The molecule has 1 fully saturated rings. The van der Waals surface area contributed by atoms with Crippen molar-refractivity contribution in [3.63, 3.8) is 0 Å². The summed E-state index contributed by atoms with van der Waals surface area (Å²) < 4.78 is 49.5. The highest BCUT2D eigenvalue weighted by molar-refractivity contribution is 7.85. The maximum absolute atomic E-state index is 12.5. The predicted molar refractivity (Wildman–Crippen MR) is 78.9 cm³/mol. The number of rotatable bonds is 5. The number of aliphatic hydroxyl groups excluding tert-OH is 1. The van der Waals surface area contributed by atoms with E-state index in [2.05, 4.69) is 0 Å². The zero-order chi connectivity index (χ0) is 16.2. The van der Waals surface area contributed by atoms with Crippen LogP contribution in [0.2, 0.25) is 0 Å². The van der Waals surface area contributed by atoms with Gasteiger partial charge in [-0.3, -0.25) is 4.21 Å². The molecule has 1 N–H and O–H groups in total. The lowest BCUT2D eigenvalue weighted by molar-refractivity contribution is -0.223. The molecule has 1 aromatic carbocycles. The fourth-order valence-corrected chi connectivity index (χ4v) is 3.78. The van der Waals surface area contributed by atoms with E-state index in [-0.39, 0.29) is 0 Å². The van der Waals surface area contributed by atoms with Gasteiger partial charge in [0.05, 0.1) is 10.8 Å². The van der Waals surface area contributed by atoms with Gasteiger partial charge in [0.25, 0.3) is 0 Å². The molecule has 3 nitrogen and oxygen atoms in total. The van der Waals surface area contributed by atoms with Gasteiger partial charge in [0.15, 0.2) is 6.10 Å². The van der Waals surface area contributed by atoms with Crippen LogP contribution in [0.15, 0.2) is 35.2 Å². The molecule has 2 unspecified atom stereocenters. The minimum absolute atomic E-state index is 0.318. The van der Waals surface area contributed by atoms with E-state index in [0.717, 1.165) is 4.90 Å². The van der Waals surface area contributed by atoms with Gasteiger partial charge in [-0.2, -0.15) is 13.2 Å². The molecule has 22 heavy (non-hydrogen) atoms. The number of hydrogen-bond donors (Lipinski definition) is 1. The smallest absolute Gasteiger partial charge is 0.383 e. The van der Waals surface area contributed by atoms with Crippen LogP contribution in [0.4, 0.5) is 13.2 Å². The van der Waals surface area contributed by atoms with Crippen molar-refractivity contribution in [1.29, 1.82) is 0 Å². The van der Waals surface area contributed by atoms with E-state index in [1.807, 2.05) is 35.2 Å². The Labute approximate surface area is 130 Å². The van der Waals surface area contributed by atoms with Crippen molar-refractivity contribution >= 4 is 10.8 Å². The van der Waals surface area contributed by atoms with Gasteiger partial charge in [-0.25, -0.2) is 0 Å². The zero-order valence-electron chi connectivity index (χ0n) is 12.1. The van der Waals surface area contributed by atoms with Gasteiger partial charge >= 0.3 is 6.18 Å². The van der Waals surface area contributed by atoms with E-state index in [4.69, 9.17) is 0 Å². The molecule has 1 saturated heterocycles. The van der Waals surface area contributed by atoms with Crippen molar-refractivity contribution < 1.29 is 22.5 Å². The monoisotopic (exact) mass is 335 g/mol. The van der Waals surface area contributed by atoms with Crippen molar-refractivity contribution in [3.05, 3.63) is 30.3 Å². The Bertz CT molecular complexity index is 487. The molecule has 1 aliphatic rings. The Balaban J connectivity index is 1.75. The summed E-state index contributed by atoms with van der Waals surface area (Å²) in [7, 11) is -1.09. The molecule has 7 heteroatoms. The Morgan fingerprint density at radius 3 is 2.36 bits per heavy atom. The minimum atomic E-state index is -4.54. The second-order valence-electron chi connectivity index (χ2n) is 5.53. The number of alkyl halides is 3.